The van der Waals surface area contributed by atoms with Crippen LogP contribution in [0.2, 0.25) is 0 Å². The molecule has 2 N–H and O–H groups in total. The Morgan fingerprint density at radius 1 is 1.18 bits per heavy atom. The number of rotatable bonds is 4. The maximum absolute atomic E-state index is 12.4. The van der Waals surface area contributed by atoms with E-state index >= 15 is 0 Å². The second-order valence-corrected chi connectivity index (χ2v) is 5.28. The quantitative estimate of drug-likeness (QED) is 0.774. The van der Waals surface area contributed by atoms with Gasteiger partial charge in [0, 0.05) is 29.7 Å². The van der Waals surface area contributed by atoms with Gasteiger partial charge in [-0.15, -0.1) is 0 Å². The molecule has 0 atom stereocenters. The lowest BCUT2D eigenvalue weighted by molar-refractivity contribution is 0.0952. The maximum Gasteiger partial charge on any atom is 0.253 e. The molecule has 4 nitrogen and oxygen atoms in total. The number of carbonyl (C=O) groups excluding carboxylic acids is 1. The highest BCUT2D eigenvalue weighted by molar-refractivity contribution is 6.06. The van der Waals surface area contributed by atoms with E-state index in [1.54, 1.807) is 13.3 Å². The largest absolute Gasteiger partial charge is 0.497 e. The molecule has 3 rings (SSSR count). The molecule has 112 valence electrons. The summed E-state index contributed by atoms with van der Waals surface area (Å²) in [6.45, 7) is 2.56. The molecule has 0 fully saturated rings. The number of benzene rings is 2. The third kappa shape index (κ3) is 2.81. The summed E-state index contributed by atoms with van der Waals surface area (Å²) in [6, 6.07) is 13.8. The Labute approximate surface area is 129 Å². The van der Waals surface area contributed by atoms with E-state index in [1.807, 2.05) is 49.4 Å². The fraction of sp³-hybridized carbons (Fsp3) is 0.167. The first-order valence-electron chi connectivity index (χ1n) is 7.16. The molecule has 1 aromatic heterocycles. The fourth-order valence-electron chi connectivity index (χ4n) is 2.40. The highest BCUT2D eigenvalue weighted by Gasteiger charge is 2.12. The fourth-order valence-corrected chi connectivity index (χ4v) is 2.40. The number of nitrogens with one attached hydrogen (secondary N) is 2. The summed E-state index contributed by atoms with van der Waals surface area (Å²) < 4.78 is 5.19. The topological polar surface area (TPSA) is 54.1 Å². The van der Waals surface area contributed by atoms with Crippen molar-refractivity contribution in [2.75, 3.05) is 7.11 Å². The zero-order valence-corrected chi connectivity index (χ0v) is 12.6. The molecule has 0 bridgehead atoms. The smallest absolute Gasteiger partial charge is 0.253 e. The molecular formula is C18H18N2O2. The number of H-pyrrole nitrogens is 1. The Balaban J connectivity index is 1.76. The van der Waals surface area contributed by atoms with Crippen molar-refractivity contribution in [1.82, 2.24) is 10.3 Å². The minimum atomic E-state index is -0.0861. The van der Waals surface area contributed by atoms with Crippen molar-refractivity contribution >= 4 is 16.8 Å². The van der Waals surface area contributed by atoms with Crippen LogP contribution in [0.15, 0.2) is 48.7 Å². The number of aromatic nitrogens is 1. The van der Waals surface area contributed by atoms with E-state index in [1.165, 1.54) is 5.56 Å². The van der Waals surface area contributed by atoms with Gasteiger partial charge in [0.05, 0.1) is 12.7 Å². The first kappa shape index (κ1) is 14.2. The average molecular weight is 294 g/mol. The van der Waals surface area contributed by atoms with Gasteiger partial charge in [-0.25, -0.2) is 0 Å². The molecule has 0 aliphatic heterocycles. The predicted molar refractivity (Wildman–Crippen MR) is 87.2 cm³/mol. The summed E-state index contributed by atoms with van der Waals surface area (Å²) in [5, 5.41) is 3.84. The van der Waals surface area contributed by atoms with Gasteiger partial charge in [0.15, 0.2) is 0 Å². The third-order valence-corrected chi connectivity index (χ3v) is 3.71. The molecule has 3 aromatic rings. The number of methoxy groups -OCH3 is 1. The van der Waals surface area contributed by atoms with Gasteiger partial charge in [-0.3, -0.25) is 4.79 Å². The van der Waals surface area contributed by atoms with Crippen LogP contribution < -0.4 is 10.1 Å². The molecule has 1 heterocycles. The van der Waals surface area contributed by atoms with Crippen molar-refractivity contribution in [2.45, 2.75) is 13.5 Å². The third-order valence-electron chi connectivity index (χ3n) is 3.71. The van der Waals surface area contributed by atoms with Gasteiger partial charge in [0.25, 0.3) is 5.91 Å². The number of ether oxygens (including phenoxy) is 1. The van der Waals surface area contributed by atoms with E-state index < -0.39 is 0 Å². The van der Waals surface area contributed by atoms with Crippen LogP contribution in [-0.4, -0.2) is 18.0 Å². The lowest BCUT2D eigenvalue weighted by Gasteiger charge is -2.05. The van der Waals surface area contributed by atoms with Crippen LogP contribution in [-0.2, 0) is 6.54 Å². The van der Waals surface area contributed by atoms with E-state index in [-0.39, 0.29) is 5.91 Å². The average Bonchev–Trinajstić information content (AvgIpc) is 2.97. The van der Waals surface area contributed by atoms with Crippen molar-refractivity contribution in [2.24, 2.45) is 0 Å². The first-order chi connectivity index (χ1) is 10.7. The van der Waals surface area contributed by atoms with Crippen LogP contribution in [0.25, 0.3) is 10.9 Å². The molecular weight excluding hydrogens is 276 g/mol. The molecule has 0 aliphatic carbocycles. The lowest BCUT2D eigenvalue weighted by Crippen LogP contribution is -2.22. The van der Waals surface area contributed by atoms with Gasteiger partial charge in [0.2, 0.25) is 0 Å². The van der Waals surface area contributed by atoms with Crippen LogP contribution in [0.3, 0.4) is 0 Å². The van der Waals surface area contributed by atoms with Crippen LogP contribution in [0.5, 0.6) is 5.75 Å². The van der Waals surface area contributed by atoms with E-state index in [2.05, 4.69) is 10.3 Å². The van der Waals surface area contributed by atoms with Crippen LogP contribution in [0.1, 0.15) is 21.5 Å². The minimum absolute atomic E-state index is 0.0861. The van der Waals surface area contributed by atoms with Gasteiger partial charge >= 0.3 is 0 Å². The van der Waals surface area contributed by atoms with E-state index in [0.717, 1.165) is 22.2 Å². The Morgan fingerprint density at radius 3 is 2.68 bits per heavy atom. The normalized spacial score (nSPS) is 10.6. The second-order valence-electron chi connectivity index (χ2n) is 5.28. The summed E-state index contributed by atoms with van der Waals surface area (Å²) in [4.78, 5) is 15.5. The Hall–Kier alpha value is -2.75. The van der Waals surface area contributed by atoms with E-state index in [0.29, 0.717) is 12.1 Å². The molecule has 0 spiro atoms. The van der Waals surface area contributed by atoms with Crippen molar-refractivity contribution < 1.29 is 9.53 Å². The lowest BCUT2D eigenvalue weighted by atomic mass is 10.1. The zero-order chi connectivity index (χ0) is 15.5. The van der Waals surface area contributed by atoms with Crippen molar-refractivity contribution in [3.8, 4) is 5.75 Å². The molecule has 2 aromatic carbocycles. The Morgan fingerprint density at radius 2 is 1.95 bits per heavy atom. The monoisotopic (exact) mass is 294 g/mol. The Kier molecular flexibility index (Phi) is 3.83. The van der Waals surface area contributed by atoms with Gasteiger partial charge in [0.1, 0.15) is 5.75 Å². The Bertz CT molecular complexity index is 804. The molecule has 0 aliphatic rings. The molecule has 22 heavy (non-hydrogen) atoms. The van der Waals surface area contributed by atoms with E-state index in [9.17, 15) is 4.79 Å². The number of aromatic amines is 1. The summed E-state index contributed by atoms with van der Waals surface area (Å²) >= 11 is 0. The summed E-state index contributed by atoms with van der Waals surface area (Å²) in [6.07, 6.45) is 1.73. The standard InChI is InChI=1S/C18H18N2O2/c1-12-3-5-13(6-4-12)10-20-18(21)16-11-19-17-9-14(22-2)7-8-15(16)17/h3-9,11,19H,10H2,1-2H3,(H,20,21). The summed E-state index contributed by atoms with van der Waals surface area (Å²) in [5.74, 6) is 0.679. The molecule has 0 radical (unpaired) electrons. The van der Waals surface area contributed by atoms with E-state index in [4.69, 9.17) is 4.74 Å². The van der Waals surface area contributed by atoms with Gasteiger partial charge in [-0.05, 0) is 24.6 Å². The SMILES string of the molecule is COc1ccc2c(C(=O)NCc3ccc(C)cc3)c[nH]c2c1. The molecule has 0 saturated carbocycles. The number of hydrogen-bond donors (Lipinski definition) is 2. The summed E-state index contributed by atoms with van der Waals surface area (Å²) in [7, 11) is 1.62. The number of amides is 1. The highest BCUT2D eigenvalue weighted by atomic mass is 16.5. The number of fused-ring (bicyclic) bond motifs is 1. The molecule has 1 amide bonds. The van der Waals surface area contributed by atoms with Gasteiger partial charge in [-0.2, -0.15) is 0 Å². The first-order valence-corrected chi connectivity index (χ1v) is 7.16. The van der Waals surface area contributed by atoms with Crippen LogP contribution in [0, 0.1) is 6.92 Å². The zero-order valence-electron chi connectivity index (χ0n) is 12.6. The predicted octanol–water partition coefficient (Wildman–Crippen LogP) is 3.41. The second kappa shape index (κ2) is 5.93. The highest BCUT2D eigenvalue weighted by Crippen LogP contribution is 2.23. The number of hydrogen-bond acceptors (Lipinski definition) is 2. The maximum atomic E-state index is 12.4. The number of carbonyl (C=O) groups is 1. The van der Waals surface area contributed by atoms with Gasteiger partial charge in [-0.1, -0.05) is 29.8 Å². The minimum Gasteiger partial charge on any atom is -0.497 e. The van der Waals surface area contributed by atoms with Crippen molar-refractivity contribution in [3.05, 3.63) is 65.4 Å². The summed E-state index contributed by atoms with van der Waals surface area (Å²) in [5.41, 5.74) is 3.82. The van der Waals surface area contributed by atoms with Crippen molar-refractivity contribution in [3.63, 3.8) is 0 Å². The number of aryl methyl sites for hydroxylation is 1. The molecule has 0 saturated heterocycles. The van der Waals surface area contributed by atoms with Crippen LogP contribution >= 0.6 is 0 Å². The van der Waals surface area contributed by atoms with Crippen LogP contribution in [0.4, 0.5) is 0 Å². The molecule has 0 unspecified atom stereocenters. The molecule has 4 heteroatoms. The van der Waals surface area contributed by atoms with Gasteiger partial charge < -0.3 is 15.0 Å². The van der Waals surface area contributed by atoms with Crippen molar-refractivity contribution in [1.29, 1.82) is 0 Å².